The van der Waals surface area contributed by atoms with Crippen molar-refractivity contribution in [3.63, 3.8) is 0 Å². The van der Waals surface area contributed by atoms with Crippen molar-refractivity contribution in [1.29, 1.82) is 0 Å². The second-order valence-electron chi connectivity index (χ2n) is 8.51. The summed E-state index contributed by atoms with van der Waals surface area (Å²) in [7, 11) is 3.25. The van der Waals surface area contributed by atoms with Crippen LogP contribution in [-0.4, -0.2) is 23.8 Å². The van der Waals surface area contributed by atoms with Crippen LogP contribution >= 0.6 is 11.3 Å². The van der Waals surface area contributed by atoms with Gasteiger partial charge in [0.2, 0.25) is 0 Å². The Balaban J connectivity index is 1.63. The lowest BCUT2D eigenvalue weighted by atomic mass is 9.83. The van der Waals surface area contributed by atoms with E-state index >= 15 is 0 Å². The number of thiazole rings is 1. The summed E-state index contributed by atoms with van der Waals surface area (Å²) in [5, 5.41) is 0. The number of aryl methyl sites for hydroxylation is 1. The van der Waals surface area contributed by atoms with Gasteiger partial charge in [-0.05, 0) is 65.4 Å². The topological polar surface area (TPSA) is 65.7 Å². The number of rotatable bonds is 4. The second kappa shape index (κ2) is 8.67. The van der Waals surface area contributed by atoms with Gasteiger partial charge in [-0.1, -0.05) is 41.7 Å². The number of allylic oxidation sites excluding steroid dienone is 1. The molecule has 0 saturated heterocycles. The highest BCUT2D eigenvalue weighted by molar-refractivity contribution is 7.07. The van der Waals surface area contributed by atoms with Crippen molar-refractivity contribution in [2.24, 2.45) is 4.99 Å². The molecule has 1 aliphatic heterocycles. The minimum Gasteiger partial charge on any atom is -0.493 e. The van der Waals surface area contributed by atoms with Gasteiger partial charge in [0, 0.05) is 18.0 Å². The first-order chi connectivity index (χ1) is 17.2. The fraction of sp³-hybridized carbons (Fsp3) is 0.179. The number of hydrogen-bond acceptors (Lipinski definition) is 6. The average Bonchev–Trinajstić information content (AvgIpc) is 3.21. The predicted octanol–water partition coefficient (Wildman–Crippen LogP) is 3.73. The van der Waals surface area contributed by atoms with Crippen molar-refractivity contribution in [3.8, 4) is 11.5 Å². The van der Waals surface area contributed by atoms with Gasteiger partial charge in [0.25, 0.3) is 5.56 Å². The molecule has 1 aliphatic carbocycles. The van der Waals surface area contributed by atoms with Gasteiger partial charge in [0.1, 0.15) is 0 Å². The molecule has 174 valence electrons. The Morgan fingerprint density at radius 1 is 1.00 bits per heavy atom. The maximum atomic E-state index is 13.8. The van der Waals surface area contributed by atoms with Crippen LogP contribution in [0.5, 0.6) is 11.5 Å². The Bertz CT molecular complexity index is 1650. The minimum atomic E-state index is -0.269. The Labute approximate surface area is 206 Å². The van der Waals surface area contributed by atoms with E-state index in [1.807, 2.05) is 41.0 Å². The number of methoxy groups -OCH3 is 2. The first-order valence-corrected chi connectivity index (χ1v) is 12.2. The molecule has 0 bridgehead atoms. The third-order valence-electron chi connectivity index (χ3n) is 6.60. The Morgan fingerprint density at radius 2 is 1.80 bits per heavy atom. The summed E-state index contributed by atoms with van der Waals surface area (Å²) in [6.07, 6.45) is 7.11. The number of benzene rings is 2. The van der Waals surface area contributed by atoms with Crippen LogP contribution in [0.25, 0.3) is 11.8 Å². The van der Waals surface area contributed by atoms with Crippen LogP contribution < -0.4 is 24.4 Å². The molecule has 35 heavy (non-hydrogen) atoms. The van der Waals surface area contributed by atoms with Gasteiger partial charge in [-0.2, -0.15) is 0 Å². The Hall–Kier alpha value is -3.97. The minimum absolute atomic E-state index is 0.0456. The van der Waals surface area contributed by atoms with Crippen molar-refractivity contribution >= 4 is 23.1 Å². The lowest BCUT2D eigenvalue weighted by molar-refractivity contribution is 0.354. The van der Waals surface area contributed by atoms with E-state index < -0.39 is 0 Å². The van der Waals surface area contributed by atoms with Gasteiger partial charge >= 0.3 is 0 Å². The van der Waals surface area contributed by atoms with Gasteiger partial charge in [0.15, 0.2) is 16.3 Å². The number of ether oxygens (including phenoxy) is 2. The summed E-state index contributed by atoms with van der Waals surface area (Å²) in [4.78, 5) is 23.6. The lowest BCUT2D eigenvalue weighted by Crippen LogP contribution is -2.38. The van der Waals surface area contributed by atoms with E-state index in [9.17, 15) is 4.79 Å². The molecule has 2 aromatic carbocycles. The zero-order valence-corrected chi connectivity index (χ0v) is 20.2. The molecule has 0 N–H and O–H groups in total. The molecule has 0 unspecified atom stereocenters. The SMILES string of the molecule is COc1ccc([C@@H]2C3=C(N=c4s/c(=C\c5ccncc5)c(=O)n42)c2ccccc2CC3)cc1OC. The highest BCUT2D eigenvalue weighted by Gasteiger charge is 2.33. The highest BCUT2D eigenvalue weighted by atomic mass is 32.1. The number of hydrogen-bond donors (Lipinski definition) is 0. The molecule has 4 aromatic rings. The van der Waals surface area contributed by atoms with Gasteiger partial charge < -0.3 is 9.47 Å². The van der Waals surface area contributed by atoms with Gasteiger partial charge in [-0.25, -0.2) is 4.99 Å². The van der Waals surface area contributed by atoms with E-state index in [1.54, 1.807) is 26.6 Å². The van der Waals surface area contributed by atoms with Gasteiger partial charge in [-0.3, -0.25) is 14.3 Å². The third kappa shape index (κ3) is 3.59. The molecule has 7 heteroatoms. The second-order valence-corrected chi connectivity index (χ2v) is 9.52. The van der Waals surface area contributed by atoms with E-state index in [2.05, 4.69) is 29.2 Å². The maximum absolute atomic E-state index is 13.8. The molecule has 0 spiro atoms. The summed E-state index contributed by atoms with van der Waals surface area (Å²) in [5.41, 5.74) is 6.42. The van der Waals surface area contributed by atoms with E-state index in [4.69, 9.17) is 14.5 Å². The normalized spacial score (nSPS) is 16.7. The lowest BCUT2D eigenvalue weighted by Gasteiger charge is -2.31. The fourth-order valence-electron chi connectivity index (χ4n) is 4.96. The molecule has 2 aromatic heterocycles. The van der Waals surface area contributed by atoms with Crippen LogP contribution in [0.2, 0.25) is 0 Å². The van der Waals surface area contributed by atoms with Crippen LogP contribution in [0.4, 0.5) is 0 Å². The van der Waals surface area contributed by atoms with E-state index in [-0.39, 0.29) is 11.6 Å². The first-order valence-electron chi connectivity index (χ1n) is 11.4. The van der Waals surface area contributed by atoms with Crippen molar-refractivity contribution in [2.75, 3.05) is 14.2 Å². The number of aromatic nitrogens is 2. The van der Waals surface area contributed by atoms with Crippen molar-refractivity contribution < 1.29 is 9.47 Å². The molecule has 0 fully saturated rings. The quantitative estimate of drug-likeness (QED) is 0.446. The van der Waals surface area contributed by atoms with Crippen molar-refractivity contribution in [1.82, 2.24) is 9.55 Å². The summed E-state index contributed by atoms with van der Waals surface area (Å²) < 4.78 is 13.6. The summed E-state index contributed by atoms with van der Waals surface area (Å²) in [5.74, 6) is 1.30. The third-order valence-corrected chi connectivity index (χ3v) is 7.58. The number of fused-ring (bicyclic) bond motifs is 3. The van der Waals surface area contributed by atoms with E-state index in [1.165, 1.54) is 16.9 Å². The average molecular weight is 482 g/mol. The highest BCUT2D eigenvalue weighted by Crippen LogP contribution is 2.42. The molecule has 6 rings (SSSR count). The summed E-state index contributed by atoms with van der Waals surface area (Å²) in [6, 6.07) is 17.8. The summed E-state index contributed by atoms with van der Waals surface area (Å²) >= 11 is 1.42. The van der Waals surface area contributed by atoms with Gasteiger partial charge in [0.05, 0.1) is 30.5 Å². The largest absolute Gasteiger partial charge is 0.493 e. The fourth-order valence-corrected chi connectivity index (χ4v) is 5.96. The zero-order valence-electron chi connectivity index (χ0n) is 19.4. The molecule has 6 nitrogen and oxygen atoms in total. The monoisotopic (exact) mass is 481 g/mol. The molecule has 2 aliphatic rings. The standard InChI is InChI=1S/C28H23N3O3S/c1-33-22-10-8-19(16-23(22)34-2)26-21-9-7-18-5-3-4-6-20(18)25(21)30-28-31(26)27(32)24(35-28)15-17-11-13-29-14-12-17/h3-6,8,10-16,26H,7,9H2,1-2H3/b24-15-/t26-/m1/s1. The van der Waals surface area contributed by atoms with E-state index in [0.29, 0.717) is 20.8 Å². The van der Waals surface area contributed by atoms with Crippen LogP contribution in [0.15, 0.2) is 82.4 Å². The van der Waals surface area contributed by atoms with Crippen LogP contribution in [0, 0.1) is 0 Å². The van der Waals surface area contributed by atoms with Crippen LogP contribution in [0.3, 0.4) is 0 Å². The van der Waals surface area contributed by atoms with E-state index in [0.717, 1.165) is 40.8 Å². The zero-order chi connectivity index (χ0) is 23.9. The smallest absolute Gasteiger partial charge is 0.271 e. The molecule has 0 saturated carbocycles. The molecular weight excluding hydrogens is 458 g/mol. The summed E-state index contributed by atoms with van der Waals surface area (Å²) in [6.45, 7) is 0. The molecular formula is C28H23N3O3S. The number of nitrogens with zero attached hydrogens (tertiary/aromatic N) is 3. The van der Waals surface area contributed by atoms with Crippen LogP contribution in [0.1, 0.15) is 34.7 Å². The Kier molecular flexibility index (Phi) is 5.34. The van der Waals surface area contributed by atoms with Crippen molar-refractivity contribution in [2.45, 2.75) is 18.9 Å². The maximum Gasteiger partial charge on any atom is 0.271 e. The molecule has 0 amide bonds. The first kappa shape index (κ1) is 21.6. The van der Waals surface area contributed by atoms with Crippen LogP contribution in [-0.2, 0) is 6.42 Å². The van der Waals surface area contributed by atoms with Gasteiger partial charge in [-0.15, -0.1) is 0 Å². The van der Waals surface area contributed by atoms with Crippen molar-refractivity contribution in [3.05, 3.63) is 115 Å². The molecule has 0 radical (unpaired) electrons. The molecule has 3 heterocycles. The molecule has 1 atom stereocenters. The Morgan fingerprint density at radius 3 is 2.60 bits per heavy atom. The number of pyridine rings is 1. The predicted molar refractivity (Wildman–Crippen MR) is 137 cm³/mol.